The standard InChI is InChI=1S/C19H27NO7S/c1-13(19(22)20(2)15-9-10-28(23,24)12-15)27-18(21)8-6-14-5-7-16(25-3)17(11-14)26-4/h5,7,11,13,15H,6,8-10,12H2,1-4H3. The van der Waals surface area contributed by atoms with E-state index in [1.165, 1.54) is 18.9 Å². The average molecular weight is 413 g/mol. The third kappa shape index (κ3) is 5.60. The Kier molecular flexibility index (Phi) is 7.29. The van der Waals surface area contributed by atoms with Crippen molar-refractivity contribution in [2.24, 2.45) is 0 Å². The molecular weight excluding hydrogens is 386 g/mol. The summed E-state index contributed by atoms with van der Waals surface area (Å²) in [6.45, 7) is 1.50. The van der Waals surface area contributed by atoms with Gasteiger partial charge >= 0.3 is 5.97 Å². The Labute approximate surface area is 165 Å². The maximum atomic E-state index is 12.4. The Balaban J connectivity index is 1.86. The fraction of sp³-hybridized carbons (Fsp3) is 0.579. The first-order valence-electron chi connectivity index (χ1n) is 9.04. The number of benzene rings is 1. The molecule has 8 nitrogen and oxygen atoms in total. The molecule has 28 heavy (non-hydrogen) atoms. The Morgan fingerprint density at radius 3 is 2.46 bits per heavy atom. The molecule has 0 bridgehead atoms. The second-order valence-electron chi connectivity index (χ2n) is 6.83. The summed E-state index contributed by atoms with van der Waals surface area (Å²) in [5.41, 5.74) is 0.877. The van der Waals surface area contributed by atoms with E-state index < -0.39 is 27.8 Å². The Morgan fingerprint density at radius 1 is 1.21 bits per heavy atom. The number of aryl methyl sites for hydroxylation is 1. The lowest BCUT2D eigenvalue weighted by Crippen LogP contribution is -2.44. The van der Waals surface area contributed by atoms with Crippen LogP contribution in [0.5, 0.6) is 11.5 Å². The number of carbonyl (C=O) groups is 2. The Hall–Kier alpha value is -2.29. The highest BCUT2D eigenvalue weighted by atomic mass is 32.2. The first-order chi connectivity index (χ1) is 13.2. The van der Waals surface area contributed by atoms with Crippen LogP contribution in [0.25, 0.3) is 0 Å². The molecule has 1 aliphatic heterocycles. The van der Waals surface area contributed by atoms with Crippen LogP contribution in [0.1, 0.15) is 25.3 Å². The summed E-state index contributed by atoms with van der Waals surface area (Å²) in [5, 5.41) is 0. The fourth-order valence-electron chi connectivity index (χ4n) is 3.14. The first kappa shape index (κ1) is 22.0. The number of hydrogen-bond donors (Lipinski definition) is 0. The number of carbonyl (C=O) groups excluding carboxylic acids is 2. The maximum Gasteiger partial charge on any atom is 0.306 e. The van der Waals surface area contributed by atoms with Crippen molar-refractivity contribution < 1.29 is 32.2 Å². The predicted octanol–water partition coefficient (Wildman–Crippen LogP) is 1.21. The van der Waals surface area contributed by atoms with Crippen molar-refractivity contribution >= 4 is 21.7 Å². The van der Waals surface area contributed by atoms with Crippen molar-refractivity contribution in [3.63, 3.8) is 0 Å². The zero-order chi connectivity index (χ0) is 20.9. The topological polar surface area (TPSA) is 99.2 Å². The highest BCUT2D eigenvalue weighted by molar-refractivity contribution is 7.91. The molecule has 1 saturated heterocycles. The van der Waals surface area contributed by atoms with Crippen LogP contribution < -0.4 is 9.47 Å². The van der Waals surface area contributed by atoms with Crippen LogP contribution >= 0.6 is 0 Å². The zero-order valence-corrected chi connectivity index (χ0v) is 17.5. The molecule has 2 atom stereocenters. The first-order valence-corrected chi connectivity index (χ1v) is 10.9. The number of hydrogen-bond acceptors (Lipinski definition) is 7. The van der Waals surface area contributed by atoms with Gasteiger partial charge in [-0.25, -0.2) is 8.42 Å². The van der Waals surface area contributed by atoms with E-state index >= 15 is 0 Å². The van der Waals surface area contributed by atoms with Gasteiger partial charge in [-0.3, -0.25) is 9.59 Å². The fourth-order valence-corrected chi connectivity index (χ4v) is 4.91. The summed E-state index contributed by atoms with van der Waals surface area (Å²) < 4.78 is 38.8. The van der Waals surface area contributed by atoms with Crippen LogP contribution in [0.15, 0.2) is 18.2 Å². The number of likely N-dealkylation sites (N-methyl/N-ethyl adjacent to an activating group) is 1. The monoisotopic (exact) mass is 413 g/mol. The Bertz CT molecular complexity index is 822. The van der Waals surface area contributed by atoms with Crippen molar-refractivity contribution in [2.45, 2.75) is 38.3 Å². The summed E-state index contributed by atoms with van der Waals surface area (Å²) in [6, 6.07) is 5.01. The molecule has 0 aliphatic carbocycles. The highest BCUT2D eigenvalue weighted by Gasteiger charge is 2.34. The molecule has 1 heterocycles. The molecule has 0 aromatic heterocycles. The molecule has 156 valence electrons. The van der Waals surface area contributed by atoms with E-state index in [-0.39, 0.29) is 24.0 Å². The predicted molar refractivity (Wildman–Crippen MR) is 103 cm³/mol. The molecule has 0 N–H and O–H groups in total. The number of amides is 1. The molecule has 1 fully saturated rings. The quantitative estimate of drug-likeness (QED) is 0.591. The van der Waals surface area contributed by atoms with E-state index in [0.29, 0.717) is 24.3 Å². The number of rotatable bonds is 8. The van der Waals surface area contributed by atoms with E-state index in [4.69, 9.17) is 14.2 Å². The van der Waals surface area contributed by atoms with Crippen LogP contribution in [-0.2, 0) is 30.6 Å². The van der Waals surface area contributed by atoms with E-state index in [1.807, 2.05) is 6.07 Å². The van der Waals surface area contributed by atoms with Gasteiger partial charge in [-0.2, -0.15) is 0 Å². The van der Waals surface area contributed by atoms with Crippen molar-refractivity contribution in [3.8, 4) is 11.5 Å². The van der Waals surface area contributed by atoms with Crippen molar-refractivity contribution in [3.05, 3.63) is 23.8 Å². The van der Waals surface area contributed by atoms with Gasteiger partial charge in [0.25, 0.3) is 5.91 Å². The minimum atomic E-state index is -3.09. The van der Waals surface area contributed by atoms with Crippen LogP contribution in [0, 0.1) is 0 Å². The lowest BCUT2D eigenvalue weighted by atomic mass is 10.1. The van der Waals surface area contributed by atoms with Crippen LogP contribution in [0.2, 0.25) is 0 Å². The van der Waals surface area contributed by atoms with E-state index in [9.17, 15) is 18.0 Å². The third-order valence-electron chi connectivity index (χ3n) is 4.83. The molecular formula is C19H27NO7S. The molecule has 1 aliphatic rings. The smallest absolute Gasteiger partial charge is 0.306 e. The summed E-state index contributed by atoms with van der Waals surface area (Å²) >= 11 is 0. The molecule has 1 amide bonds. The van der Waals surface area contributed by atoms with Gasteiger partial charge in [0.2, 0.25) is 0 Å². The second-order valence-corrected chi connectivity index (χ2v) is 9.06. The van der Waals surface area contributed by atoms with Crippen LogP contribution in [0.3, 0.4) is 0 Å². The molecule has 1 aromatic carbocycles. The van der Waals surface area contributed by atoms with Gasteiger partial charge in [-0.05, 0) is 37.5 Å². The van der Waals surface area contributed by atoms with E-state index in [2.05, 4.69) is 0 Å². The molecule has 2 rings (SSSR count). The summed E-state index contributed by atoms with van der Waals surface area (Å²) in [6.07, 6.45) is -0.0260. The third-order valence-corrected chi connectivity index (χ3v) is 6.58. The number of esters is 1. The van der Waals surface area contributed by atoms with E-state index in [0.717, 1.165) is 5.56 Å². The van der Waals surface area contributed by atoms with Gasteiger partial charge in [-0.15, -0.1) is 0 Å². The van der Waals surface area contributed by atoms with Crippen LogP contribution in [-0.4, -0.2) is 70.1 Å². The number of ether oxygens (including phenoxy) is 3. The molecule has 0 spiro atoms. The zero-order valence-electron chi connectivity index (χ0n) is 16.6. The van der Waals surface area contributed by atoms with Gasteiger partial charge in [0.15, 0.2) is 27.4 Å². The maximum absolute atomic E-state index is 12.4. The number of sulfone groups is 1. The SMILES string of the molecule is COc1ccc(CCC(=O)OC(C)C(=O)N(C)C2CCS(=O)(=O)C2)cc1OC. The molecule has 9 heteroatoms. The molecule has 1 aromatic rings. The van der Waals surface area contributed by atoms with Gasteiger partial charge in [0, 0.05) is 19.5 Å². The molecule has 2 unspecified atom stereocenters. The summed E-state index contributed by atoms with van der Waals surface area (Å²) in [7, 11) is 1.53. The Morgan fingerprint density at radius 2 is 1.89 bits per heavy atom. The number of nitrogens with zero attached hydrogens (tertiary/aromatic N) is 1. The minimum absolute atomic E-state index is 0.0464. The summed E-state index contributed by atoms with van der Waals surface area (Å²) in [5.74, 6) is 0.309. The van der Waals surface area contributed by atoms with Crippen LogP contribution in [0.4, 0.5) is 0 Å². The van der Waals surface area contributed by atoms with Crippen molar-refractivity contribution in [1.82, 2.24) is 4.90 Å². The lowest BCUT2D eigenvalue weighted by molar-refractivity contribution is -0.159. The van der Waals surface area contributed by atoms with Gasteiger partial charge in [0.1, 0.15) is 0 Å². The normalized spacial score (nSPS) is 18.9. The lowest BCUT2D eigenvalue weighted by Gasteiger charge is -2.26. The van der Waals surface area contributed by atoms with Gasteiger partial charge in [-0.1, -0.05) is 6.07 Å². The van der Waals surface area contributed by atoms with Crippen molar-refractivity contribution in [1.29, 1.82) is 0 Å². The van der Waals surface area contributed by atoms with Gasteiger partial charge in [0.05, 0.1) is 25.7 Å². The van der Waals surface area contributed by atoms with E-state index in [1.54, 1.807) is 26.3 Å². The largest absolute Gasteiger partial charge is 0.493 e. The van der Waals surface area contributed by atoms with Gasteiger partial charge < -0.3 is 19.1 Å². The minimum Gasteiger partial charge on any atom is -0.493 e. The number of methoxy groups -OCH3 is 2. The summed E-state index contributed by atoms with van der Waals surface area (Å²) in [4.78, 5) is 25.9. The highest BCUT2D eigenvalue weighted by Crippen LogP contribution is 2.28. The second kappa shape index (κ2) is 9.27. The van der Waals surface area contributed by atoms with Crippen molar-refractivity contribution in [2.75, 3.05) is 32.8 Å². The molecule has 0 radical (unpaired) electrons. The average Bonchev–Trinajstić information content (AvgIpc) is 3.04. The molecule has 0 saturated carbocycles.